The summed E-state index contributed by atoms with van der Waals surface area (Å²) in [6, 6.07) is 19.9. The number of halogens is 1. The van der Waals surface area contributed by atoms with Gasteiger partial charge >= 0.3 is 0 Å². The lowest BCUT2D eigenvalue weighted by molar-refractivity contribution is 0.0475. The number of anilines is 1. The largest absolute Gasteiger partial charge is 0.393 e. The van der Waals surface area contributed by atoms with Crippen molar-refractivity contribution in [3.8, 4) is 0 Å². The highest BCUT2D eigenvalue weighted by Gasteiger charge is 2.39. The van der Waals surface area contributed by atoms with Gasteiger partial charge < -0.3 is 14.7 Å². The summed E-state index contributed by atoms with van der Waals surface area (Å²) in [6.07, 6.45) is 3.96. The van der Waals surface area contributed by atoms with Crippen LogP contribution in [0, 0.1) is 0 Å². The van der Waals surface area contributed by atoms with Gasteiger partial charge in [0.15, 0.2) is 5.60 Å². The number of aliphatic hydroxyl groups is 1. The number of aliphatic hydroxyl groups excluding tert-OH is 1. The van der Waals surface area contributed by atoms with Crippen molar-refractivity contribution in [2.24, 2.45) is 0 Å². The number of aromatic nitrogens is 2. The van der Waals surface area contributed by atoms with Crippen LogP contribution >= 0.6 is 0 Å². The molecule has 0 atom stereocenters. The van der Waals surface area contributed by atoms with Crippen molar-refractivity contribution in [1.82, 2.24) is 9.97 Å². The maximum atomic E-state index is 14.4. The molecule has 1 aromatic heterocycles. The van der Waals surface area contributed by atoms with E-state index in [1.807, 2.05) is 65.6 Å². The summed E-state index contributed by atoms with van der Waals surface area (Å²) in [6.45, 7) is 0.513. The number of hydrogen-bond acceptors (Lipinski definition) is 5. The van der Waals surface area contributed by atoms with Crippen LogP contribution in [0.2, 0.25) is 0 Å². The van der Waals surface area contributed by atoms with Crippen LogP contribution in [0.5, 0.6) is 0 Å². The van der Waals surface area contributed by atoms with Crippen LogP contribution in [-0.4, -0.2) is 47.5 Å². The Balaban J connectivity index is 1.77. The van der Waals surface area contributed by atoms with E-state index in [9.17, 15) is 9.50 Å². The van der Waals surface area contributed by atoms with E-state index in [2.05, 4.69) is 4.98 Å². The van der Waals surface area contributed by atoms with E-state index in [1.165, 1.54) is 0 Å². The van der Waals surface area contributed by atoms with E-state index < -0.39 is 17.9 Å². The topological polar surface area (TPSA) is 58.5 Å². The number of methoxy groups -OCH3 is 1. The Morgan fingerprint density at radius 2 is 1.57 bits per heavy atom. The Morgan fingerprint density at radius 1 is 1.00 bits per heavy atom. The van der Waals surface area contributed by atoms with E-state index in [0.29, 0.717) is 24.6 Å². The number of piperidine rings is 1. The van der Waals surface area contributed by atoms with Crippen molar-refractivity contribution >= 4 is 5.82 Å². The highest BCUT2D eigenvalue weighted by atomic mass is 19.1. The van der Waals surface area contributed by atoms with Gasteiger partial charge in [-0.05, 0) is 11.1 Å². The van der Waals surface area contributed by atoms with Gasteiger partial charge in [-0.15, -0.1) is 0 Å². The van der Waals surface area contributed by atoms with Gasteiger partial charge in [0.25, 0.3) is 0 Å². The Bertz CT molecular complexity index is 921. The summed E-state index contributed by atoms with van der Waals surface area (Å²) in [4.78, 5) is 11.4. The lowest BCUT2D eigenvalue weighted by Gasteiger charge is -2.37. The van der Waals surface area contributed by atoms with E-state index >= 15 is 0 Å². The molecule has 3 aromatic rings. The molecular weight excluding hydrogens is 381 g/mol. The van der Waals surface area contributed by atoms with Gasteiger partial charge in [0, 0.05) is 33.0 Å². The second kappa shape index (κ2) is 8.50. The fourth-order valence-electron chi connectivity index (χ4n) is 4.12. The summed E-state index contributed by atoms with van der Waals surface area (Å²) < 4.78 is 20.6. The quantitative estimate of drug-likeness (QED) is 0.675. The fourth-order valence-corrected chi connectivity index (χ4v) is 4.12. The molecule has 0 unspecified atom stereocenters. The van der Waals surface area contributed by atoms with Crippen LogP contribution in [0.1, 0.15) is 29.7 Å². The number of ether oxygens (including phenoxy) is 1. The molecule has 2 heterocycles. The van der Waals surface area contributed by atoms with Crippen molar-refractivity contribution in [1.29, 1.82) is 0 Å². The maximum Gasteiger partial charge on any atom is 0.161 e. The monoisotopic (exact) mass is 407 g/mol. The molecule has 1 aliphatic rings. The van der Waals surface area contributed by atoms with Crippen molar-refractivity contribution in [2.75, 3.05) is 31.7 Å². The van der Waals surface area contributed by atoms with Gasteiger partial charge in [-0.1, -0.05) is 60.7 Å². The molecule has 30 heavy (non-hydrogen) atoms. The van der Waals surface area contributed by atoms with Gasteiger partial charge in [-0.2, -0.15) is 0 Å². The SMILES string of the molecule is COC(c1ccccc1)(c1ccccc1)c1cncc(N2CCC(F)(CO)CC2)n1. The van der Waals surface area contributed by atoms with Crippen LogP contribution in [0.25, 0.3) is 0 Å². The zero-order valence-electron chi connectivity index (χ0n) is 17.0. The minimum absolute atomic E-state index is 0.266. The Morgan fingerprint density at radius 3 is 2.07 bits per heavy atom. The molecule has 1 fully saturated rings. The van der Waals surface area contributed by atoms with Gasteiger partial charge in [0.05, 0.1) is 19.0 Å². The standard InChI is InChI=1S/C24H26FN3O2/c1-30-24(19-8-4-2-5-9-19,20-10-6-3-7-11-20)21-16-26-17-22(27-21)28-14-12-23(25,18-29)13-15-28/h2-11,16-17,29H,12-15,18H2,1H3. The minimum atomic E-state index is -1.51. The molecule has 1 N–H and O–H groups in total. The first kappa shape index (κ1) is 20.4. The van der Waals surface area contributed by atoms with Crippen molar-refractivity contribution in [3.05, 3.63) is 89.9 Å². The molecule has 1 aliphatic heterocycles. The molecule has 1 saturated heterocycles. The normalized spacial score (nSPS) is 16.4. The summed E-state index contributed by atoms with van der Waals surface area (Å²) in [5.41, 5.74) is 0.139. The lowest BCUT2D eigenvalue weighted by atomic mass is 9.83. The van der Waals surface area contributed by atoms with Gasteiger partial charge in [0.2, 0.25) is 0 Å². The van der Waals surface area contributed by atoms with Crippen LogP contribution in [0.4, 0.5) is 10.2 Å². The van der Waals surface area contributed by atoms with Crippen LogP contribution in [0.15, 0.2) is 73.1 Å². The highest BCUT2D eigenvalue weighted by molar-refractivity contribution is 5.47. The Kier molecular flexibility index (Phi) is 5.79. The van der Waals surface area contributed by atoms with E-state index in [0.717, 1.165) is 11.1 Å². The molecule has 156 valence electrons. The molecule has 4 rings (SSSR count). The highest BCUT2D eigenvalue weighted by Crippen LogP contribution is 2.39. The van der Waals surface area contributed by atoms with E-state index in [-0.39, 0.29) is 12.8 Å². The summed E-state index contributed by atoms with van der Waals surface area (Å²) in [5.74, 6) is 0.681. The molecule has 0 spiro atoms. The number of nitrogens with zero attached hydrogens (tertiary/aromatic N) is 3. The average molecular weight is 407 g/mol. The van der Waals surface area contributed by atoms with Crippen LogP contribution in [-0.2, 0) is 10.3 Å². The third-order valence-electron chi connectivity index (χ3n) is 5.92. The van der Waals surface area contributed by atoms with Crippen molar-refractivity contribution < 1.29 is 14.2 Å². The molecular formula is C24H26FN3O2. The minimum Gasteiger partial charge on any atom is -0.393 e. The Hall–Kier alpha value is -2.83. The van der Waals surface area contributed by atoms with Gasteiger partial charge in [-0.3, -0.25) is 4.98 Å². The number of alkyl halides is 1. The first-order chi connectivity index (χ1) is 14.6. The van der Waals surface area contributed by atoms with Gasteiger partial charge in [0.1, 0.15) is 17.2 Å². The van der Waals surface area contributed by atoms with Crippen molar-refractivity contribution in [2.45, 2.75) is 24.1 Å². The maximum absolute atomic E-state index is 14.4. The van der Waals surface area contributed by atoms with Crippen LogP contribution in [0.3, 0.4) is 0 Å². The molecule has 0 bridgehead atoms. The molecule has 2 aromatic carbocycles. The fraction of sp³-hybridized carbons (Fsp3) is 0.333. The molecule has 0 saturated carbocycles. The molecule has 0 radical (unpaired) electrons. The number of hydrogen-bond donors (Lipinski definition) is 1. The zero-order chi connectivity index (χ0) is 21.0. The summed E-state index contributed by atoms with van der Waals surface area (Å²) >= 11 is 0. The molecule has 5 nitrogen and oxygen atoms in total. The third-order valence-corrected chi connectivity index (χ3v) is 5.92. The van der Waals surface area contributed by atoms with E-state index in [4.69, 9.17) is 9.72 Å². The first-order valence-electron chi connectivity index (χ1n) is 10.1. The van der Waals surface area contributed by atoms with Gasteiger partial charge in [-0.25, -0.2) is 9.37 Å². The second-order valence-corrected chi connectivity index (χ2v) is 7.68. The summed E-state index contributed by atoms with van der Waals surface area (Å²) in [7, 11) is 1.67. The predicted octanol–water partition coefficient (Wildman–Crippen LogP) is 3.72. The molecule has 6 heteroatoms. The van der Waals surface area contributed by atoms with E-state index in [1.54, 1.807) is 19.5 Å². The molecule has 0 aliphatic carbocycles. The lowest BCUT2D eigenvalue weighted by Crippen LogP contribution is -2.44. The van der Waals surface area contributed by atoms with Crippen LogP contribution < -0.4 is 4.90 Å². The Labute approximate surface area is 176 Å². The summed E-state index contributed by atoms with van der Waals surface area (Å²) in [5, 5.41) is 9.30. The number of rotatable bonds is 6. The predicted molar refractivity (Wildman–Crippen MR) is 114 cm³/mol. The van der Waals surface area contributed by atoms with Crippen molar-refractivity contribution in [3.63, 3.8) is 0 Å². The average Bonchev–Trinajstić information content (AvgIpc) is 2.82. The third kappa shape index (κ3) is 3.68. The number of benzene rings is 2. The zero-order valence-corrected chi connectivity index (χ0v) is 17.0. The first-order valence-corrected chi connectivity index (χ1v) is 10.1. The smallest absolute Gasteiger partial charge is 0.161 e. The second-order valence-electron chi connectivity index (χ2n) is 7.68. The molecule has 0 amide bonds.